The van der Waals surface area contributed by atoms with E-state index >= 15 is 0 Å². The maximum atomic E-state index is 0. The average Bonchev–Trinajstić information content (AvgIpc) is 0. The van der Waals surface area contributed by atoms with Crippen LogP contribution in [0, 0.1) is 0 Å². The molecule has 0 amide bonds. The van der Waals surface area contributed by atoms with E-state index < -0.39 is 0 Å². The van der Waals surface area contributed by atoms with Crippen LogP contribution in [0.2, 0.25) is 0 Å². The molecule has 0 bridgehead atoms. The Labute approximate surface area is 67.3 Å². The molecule has 1 nitrogen and oxygen atoms in total. The molecule has 0 aromatic rings. The Balaban J connectivity index is 0. The van der Waals surface area contributed by atoms with Gasteiger partial charge in [-0.1, -0.05) is 0 Å². The van der Waals surface area contributed by atoms with Crippen molar-refractivity contribution in [3.63, 3.8) is 0 Å². The van der Waals surface area contributed by atoms with Crippen LogP contribution in [-0.2, 0) is 0 Å². The summed E-state index contributed by atoms with van der Waals surface area (Å²) in [6, 6.07) is 0. The van der Waals surface area contributed by atoms with Crippen LogP contribution in [0.25, 0.3) is 0 Å². The van der Waals surface area contributed by atoms with E-state index in [0.29, 0.717) is 0 Å². The predicted molar refractivity (Wildman–Crippen MR) is 30.4 cm³/mol. The van der Waals surface area contributed by atoms with Gasteiger partial charge in [0.15, 0.2) is 0 Å². The molecule has 1 atom stereocenters. The second kappa shape index (κ2) is 19.2. The molecule has 2 N–H and O–H groups in total. The van der Waals surface area contributed by atoms with Gasteiger partial charge in [-0.05, 0) is 0 Å². The Bertz CT molecular complexity index is 8.00. The van der Waals surface area contributed by atoms with Crippen LogP contribution in [0.15, 0.2) is 0 Å². The van der Waals surface area contributed by atoms with Crippen LogP contribution in [0.3, 0.4) is 0 Å². The van der Waals surface area contributed by atoms with Crippen LogP contribution in [0.4, 0.5) is 0 Å². The van der Waals surface area contributed by atoms with Gasteiger partial charge < -0.3 is 5.48 Å². The SMILES string of the molecule is O.P.[MgH2].[NaH]. The Morgan fingerprint density at radius 3 is 1.00 bits per heavy atom. The zero-order valence-electron chi connectivity index (χ0n) is 1.21. The Hall–Kier alpha value is 2.16. The van der Waals surface area contributed by atoms with Crippen molar-refractivity contribution in [2.24, 2.45) is 0 Å². The topological polar surface area (TPSA) is 31.5 Å². The standard InChI is InChI=1S/Mg.Na.H2O.H3P.3H/h;;1H2;1H3;;;. The minimum atomic E-state index is 0. The van der Waals surface area contributed by atoms with E-state index in [-0.39, 0.29) is 68.0 Å². The summed E-state index contributed by atoms with van der Waals surface area (Å²) in [5, 5.41) is 0. The van der Waals surface area contributed by atoms with Gasteiger partial charge in [0.2, 0.25) is 0 Å². The first-order valence-corrected chi connectivity index (χ1v) is 0. The minimum absolute atomic E-state index is 0. The molecule has 0 saturated heterocycles. The van der Waals surface area contributed by atoms with Crippen LogP contribution in [-0.4, -0.2) is 58.1 Å². The van der Waals surface area contributed by atoms with Crippen LogP contribution >= 0.6 is 9.90 Å². The van der Waals surface area contributed by atoms with Gasteiger partial charge >= 0.3 is 52.6 Å². The van der Waals surface area contributed by atoms with Gasteiger partial charge in [0.1, 0.15) is 0 Å². The summed E-state index contributed by atoms with van der Waals surface area (Å²) < 4.78 is 0. The molecule has 4 heteroatoms. The van der Waals surface area contributed by atoms with E-state index in [1.54, 1.807) is 0 Å². The molecule has 0 spiro atoms. The van der Waals surface area contributed by atoms with Gasteiger partial charge in [-0.3, -0.25) is 0 Å². The van der Waals surface area contributed by atoms with Crippen molar-refractivity contribution in [2.75, 3.05) is 0 Å². The average molecular weight is 102 g/mol. The molecule has 0 aromatic carbocycles. The molecular weight excluding hydrogens is 94.3 g/mol. The zero-order chi connectivity index (χ0) is 0. The first-order chi connectivity index (χ1) is 0. The molecule has 0 aliphatic heterocycles. The molecule has 0 aromatic heterocycles. The van der Waals surface area contributed by atoms with Gasteiger partial charge in [-0.25, -0.2) is 0 Å². The second-order valence-corrected chi connectivity index (χ2v) is 0. The van der Waals surface area contributed by atoms with E-state index in [4.69, 9.17) is 0 Å². The molecular formula is H8MgNaOP. The molecule has 0 heterocycles. The summed E-state index contributed by atoms with van der Waals surface area (Å²) in [6.45, 7) is 0. The van der Waals surface area contributed by atoms with Crippen molar-refractivity contribution in [3.05, 3.63) is 0 Å². The summed E-state index contributed by atoms with van der Waals surface area (Å²) in [7, 11) is 0. The number of rotatable bonds is 0. The summed E-state index contributed by atoms with van der Waals surface area (Å²) in [4.78, 5) is 0. The van der Waals surface area contributed by atoms with Crippen molar-refractivity contribution in [3.8, 4) is 0 Å². The fourth-order valence-electron chi connectivity index (χ4n) is 0. The van der Waals surface area contributed by atoms with Gasteiger partial charge in [0, 0.05) is 0 Å². The van der Waals surface area contributed by atoms with E-state index in [1.165, 1.54) is 0 Å². The Kier molecular flexibility index (Phi) is 169. The van der Waals surface area contributed by atoms with Crippen molar-refractivity contribution >= 4 is 62.5 Å². The molecule has 1 unspecified atom stereocenters. The third-order valence-corrected chi connectivity index (χ3v) is 0. The third-order valence-electron chi connectivity index (χ3n) is 0. The first-order valence-electron chi connectivity index (χ1n) is 0. The molecule has 0 saturated carbocycles. The molecule has 0 aliphatic rings. The molecule has 4 heavy (non-hydrogen) atoms. The summed E-state index contributed by atoms with van der Waals surface area (Å²) in [5.41, 5.74) is 0. The third kappa shape index (κ3) is 8.91. The quantitative estimate of drug-likeness (QED) is 0.243. The molecule has 0 radical (unpaired) electrons. The van der Waals surface area contributed by atoms with Gasteiger partial charge in [0.25, 0.3) is 0 Å². The Morgan fingerprint density at radius 2 is 1.00 bits per heavy atom. The number of hydrogen-bond donors (Lipinski definition) is 0. The normalized spacial score (nSPS) is 0. The fourth-order valence-corrected chi connectivity index (χ4v) is 0. The second-order valence-electron chi connectivity index (χ2n) is 0. The van der Waals surface area contributed by atoms with Crippen molar-refractivity contribution in [1.82, 2.24) is 0 Å². The molecule has 0 rings (SSSR count). The van der Waals surface area contributed by atoms with Crippen molar-refractivity contribution < 1.29 is 5.48 Å². The summed E-state index contributed by atoms with van der Waals surface area (Å²) in [6.07, 6.45) is 0. The number of hydrogen-bond acceptors (Lipinski definition) is 0. The Morgan fingerprint density at radius 1 is 1.00 bits per heavy atom. The molecule has 22 valence electrons. The van der Waals surface area contributed by atoms with Crippen LogP contribution in [0.1, 0.15) is 0 Å². The predicted octanol–water partition coefficient (Wildman–Crippen LogP) is -2.33. The summed E-state index contributed by atoms with van der Waals surface area (Å²) >= 11 is 0. The van der Waals surface area contributed by atoms with Crippen LogP contribution < -0.4 is 0 Å². The van der Waals surface area contributed by atoms with E-state index in [0.717, 1.165) is 0 Å². The summed E-state index contributed by atoms with van der Waals surface area (Å²) in [5.74, 6) is 0. The van der Waals surface area contributed by atoms with Crippen molar-refractivity contribution in [2.45, 2.75) is 0 Å². The zero-order valence-corrected chi connectivity index (χ0v) is 2.62. The molecule has 0 fully saturated rings. The van der Waals surface area contributed by atoms with E-state index in [9.17, 15) is 0 Å². The first kappa shape index (κ1) is 35.2. The van der Waals surface area contributed by atoms with Gasteiger partial charge in [0.05, 0.1) is 0 Å². The van der Waals surface area contributed by atoms with Gasteiger partial charge in [-0.2, -0.15) is 9.90 Å². The van der Waals surface area contributed by atoms with Gasteiger partial charge in [-0.15, -0.1) is 0 Å². The van der Waals surface area contributed by atoms with E-state index in [2.05, 4.69) is 0 Å². The van der Waals surface area contributed by atoms with Crippen molar-refractivity contribution in [1.29, 1.82) is 0 Å². The van der Waals surface area contributed by atoms with E-state index in [1.807, 2.05) is 0 Å². The molecule has 0 aliphatic carbocycles. The fraction of sp³-hybridized carbons (Fsp3) is 0. The maximum absolute atomic E-state index is 0. The van der Waals surface area contributed by atoms with Crippen LogP contribution in [0.5, 0.6) is 0 Å². The monoisotopic (exact) mass is 102 g/mol.